The lowest BCUT2D eigenvalue weighted by Gasteiger charge is -2.40. The van der Waals surface area contributed by atoms with E-state index in [0.717, 1.165) is 50.7 Å². The number of hydrogen-bond acceptors (Lipinski definition) is 6. The predicted octanol–water partition coefficient (Wildman–Crippen LogP) is 7.15. The third kappa shape index (κ3) is 10.4. The number of nitriles is 1. The van der Waals surface area contributed by atoms with Gasteiger partial charge in [-0.25, -0.2) is 0 Å². The highest BCUT2D eigenvalue weighted by molar-refractivity contribution is 5.95. The number of rotatable bonds is 13. The number of aromatic nitrogens is 1. The van der Waals surface area contributed by atoms with Gasteiger partial charge in [-0.15, -0.1) is 0 Å². The van der Waals surface area contributed by atoms with Crippen LogP contribution in [0.2, 0.25) is 0 Å². The summed E-state index contributed by atoms with van der Waals surface area (Å²) in [6.07, 6.45) is 8.98. The van der Waals surface area contributed by atoms with E-state index in [1.54, 1.807) is 24.4 Å². The number of likely N-dealkylation sites (N-methyl/N-ethyl adjacent to an activating group) is 1. The molecule has 0 amide bonds. The summed E-state index contributed by atoms with van der Waals surface area (Å²) in [7, 11) is 0. The standard InChI is InChI=1S/C26H35F3N4.C7H13NO2/c1-2-3-4-5-6-7-8-9-14-31-22-16-21(26(27,28)29)18-33(19-22)24-13-12-20(17-30)25-23(24)11-10-15-32-25;1-2-8-5-3-4-6(8)7(9)10/h10-13,15,21-22,31H,2-9,14,16,18-19H2,1H3;6H,2-5H2,1H3,(H,9,10)/t21-,22+;6-/m00/s1. The van der Waals surface area contributed by atoms with E-state index in [4.69, 9.17) is 5.11 Å². The number of pyridine rings is 1. The summed E-state index contributed by atoms with van der Waals surface area (Å²) >= 11 is 0. The van der Waals surface area contributed by atoms with E-state index in [1.165, 1.54) is 38.5 Å². The minimum absolute atomic E-state index is 0.0741. The Kier molecular flexibility index (Phi) is 14.0. The topological polar surface area (TPSA) is 92.5 Å². The average Bonchev–Trinajstić information content (AvgIpc) is 3.49. The van der Waals surface area contributed by atoms with Crippen LogP contribution in [0.3, 0.4) is 0 Å². The lowest BCUT2D eigenvalue weighted by atomic mass is 9.92. The molecule has 0 aliphatic carbocycles. The molecule has 3 atom stereocenters. The van der Waals surface area contributed by atoms with Crippen LogP contribution in [0.25, 0.3) is 10.9 Å². The fourth-order valence-electron chi connectivity index (χ4n) is 6.25. The van der Waals surface area contributed by atoms with Crippen LogP contribution in [0.4, 0.5) is 18.9 Å². The number of benzene rings is 1. The Hall–Kier alpha value is -2.90. The first kappa shape index (κ1) is 34.6. The van der Waals surface area contributed by atoms with Crippen molar-refractivity contribution in [3.63, 3.8) is 0 Å². The monoisotopic (exact) mass is 603 g/mol. The van der Waals surface area contributed by atoms with Crippen LogP contribution < -0.4 is 10.2 Å². The Morgan fingerprint density at radius 1 is 1.09 bits per heavy atom. The normalized spacial score (nSPS) is 20.9. The van der Waals surface area contributed by atoms with Gasteiger partial charge in [0.25, 0.3) is 0 Å². The number of carboxylic acid groups (broad SMARTS) is 1. The highest BCUT2D eigenvalue weighted by atomic mass is 19.4. The van der Waals surface area contributed by atoms with E-state index in [9.17, 15) is 23.2 Å². The SMILES string of the molecule is CCCCCCCCCCN[C@@H]1C[C@H](C(F)(F)F)CN(c2ccc(C#N)c3ncccc23)C1.CCN1CCC[C@H]1C(=O)O. The summed E-state index contributed by atoms with van der Waals surface area (Å²) in [5, 5.41) is 22.2. The number of halogens is 3. The van der Waals surface area contributed by atoms with Crippen molar-refractivity contribution in [3.05, 3.63) is 36.0 Å². The van der Waals surface area contributed by atoms with Crippen LogP contribution in [0.5, 0.6) is 0 Å². The zero-order valence-corrected chi connectivity index (χ0v) is 25.7. The first-order valence-electron chi connectivity index (χ1n) is 16.0. The molecule has 1 aromatic heterocycles. The average molecular weight is 604 g/mol. The van der Waals surface area contributed by atoms with Gasteiger partial charge in [-0.2, -0.15) is 18.4 Å². The summed E-state index contributed by atoms with van der Waals surface area (Å²) in [6.45, 7) is 7.20. The molecule has 2 aromatic rings. The number of unbranched alkanes of at least 4 members (excludes halogenated alkanes) is 7. The molecule has 0 saturated carbocycles. The van der Waals surface area contributed by atoms with Crippen molar-refractivity contribution in [3.8, 4) is 6.07 Å². The number of alkyl halides is 3. The van der Waals surface area contributed by atoms with Gasteiger partial charge in [0.05, 0.1) is 17.0 Å². The predicted molar refractivity (Wildman–Crippen MR) is 165 cm³/mol. The summed E-state index contributed by atoms with van der Waals surface area (Å²) in [5.41, 5.74) is 1.68. The van der Waals surface area contributed by atoms with E-state index in [2.05, 4.69) is 23.3 Å². The van der Waals surface area contributed by atoms with Crippen molar-refractivity contribution in [2.24, 2.45) is 5.92 Å². The number of piperidine rings is 1. The van der Waals surface area contributed by atoms with Crippen LogP contribution in [-0.4, -0.2) is 71.9 Å². The molecule has 238 valence electrons. The van der Waals surface area contributed by atoms with E-state index in [-0.39, 0.29) is 25.0 Å². The second-order valence-electron chi connectivity index (χ2n) is 11.8. The summed E-state index contributed by atoms with van der Waals surface area (Å²) in [6, 6.07) is 8.71. The number of nitrogens with zero attached hydrogens (tertiary/aromatic N) is 4. The zero-order valence-electron chi connectivity index (χ0n) is 25.7. The number of anilines is 1. The largest absolute Gasteiger partial charge is 0.480 e. The molecule has 0 radical (unpaired) electrons. The molecule has 3 heterocycles. The molecule has 1 aromatic carbocycles. The Bertz CT molecular complexity index is 1190. The van der Waals surface area contributed by atoms with Crippen LogP contribution in [0, 0.1) is 17.2 Å². The van der Waals surface area contributed by atoms with Crippen molar-refractivity contribution in [1.29, 1.82) is 5.26 Å². The van der Waals surface area contributed by atoms with Crippen molar-refractivity contribution < 1.29 is 23.1 Å². The van der Waals surface area contributed by atoms with E-state index >= 15 is 0 Å². The van der Waals surface area contributed by atoms with Gasteiger partial charge in [-0.1, -0.05) is 58.8 Å². The van der Waals surface area contributed by atoms with Crippen LogP contribution >= 0.6 is 0 Å². The molecule has 2 N–H and O–H groups in total. The molecule has 2 saturated heterocycles. The molecule has 0 spiro atoms. The second kappa shape index (κ2) is 17.4. The lowest BCUT2D eigenvalue weighted by Crippen LogP contribution is -2.53. The number of fused-ring (bicyclic) bond motifs is 1. The molecule has 43 heavy (non-hydrogen) atoms. The quantitative estimate of drug-likeness (QED) is 0.235. The van der Waals surface area contributed by atoms with Crippen LogP contribution in [0.15, 0.2) is 30.5 Å². The molecule has 4 rings (SSSR count). The van der Waals surface area contributed by atoms with Crippen molar-refractivity contribution in [1.82, 2.24) is 15.2 Å². The molecular weight excluding hydrogens is 555 g/mol. The fourth-order valence-corrected chi connectivity index (χ4v) is 6.25. The van der Waals surface area contributed by atoms with E-state index in [0.29, 0.717) is 23.3 Å². The van der Waals surface area contributed by atoms with Gasteiger partial charge in [0.2, 0.25) is 0 Å². The molecule has 10 heteroatoms. The van der Waals surface area contributed by atoms with Crippen molar-refractivity contribution >= 4 is 22.6 Å². The number of aliphatic carboxylic acids is 1. The number of nitrogens with one attached hydrogen (secondary N) is 1. The zero-order chi connectivity index (χ0) is 31.2. The molecule has 7 nitrogen and oxygen atoms in total. The fraction of sp³-hybridized carbons (Fsp3) is 0.667. The first-order valence-corrected chi connectivity index (χ1v) is 16.0. The van der Waals surface area contributed by atoms with Gasteiger partial charge in [0.15, 0.2) is 0 Å². The molecular formula is C33H48F3N5O2. The maximum absolute atomic E-state index is 13.7. The maximum Gasteiger partial charge on any atom is 0.393 e. The van der Waals surface area contributed by atoms with Crippen molar-refractivity contribution in [2.45, 2.75) is 103 Å². The Balaban J connectivity index is 0.000000428. The number of carboxylic acids is 1. The maximum atomic E-state index is 13.7. The molecule has 0 bridgehead atoms. The molecule has 2 aliphatic heterocycles. The summed E-state index contributed by atoms with van der Waals surface area (Å²) in [4.78, 5) is 18.7. The van der Waals surface area contributed by atoms with Gasteiger partial charge in [0.1, 0.15) is 12.1 Å². The van der Waals surface area contributed by atoms with Gasteiger partial charge >= 0.3 is 12.1 Å². The third-order valence-corrected chi connectivity index (χ3v) is 8.64. The molecule has 0 unspecified atom stereocenters. The number of hydrogen-bond donors (Lipinski definition) is 2. The third-order valence-electron chi connectivity index (χ3n) is 8.64. The van der Waals surface area contributed by atoms with Gasteiger partial charge in [0, 0.05) is 36.4 Å². The molecule has 2 fully saturated rings. The van der Waals surface area contributed by atoms with Crippen molar-refractivity contribution in [2.75, 3.05) is 37.6 Å². The molecule has 2 aliphatic rings. The Morgan fingerprint density at radius 3 is 2.44 bits per heavy atom. The minimum atomic E-state index is -4.24. The Morgan fingerprint density at radius 2 is 1.81 bits per heavy atom. The van der Waals surface area contributed by atoms with E-state index < -0.39 is 18.1 Å². The van der Waals surface area contributed by atoms with Crippen LogP contribution in [-0.2, 0) is 4.79 Å². The van der Waals surface area contributed by atoms with Gasteiger partial charge < -0.3 is 15.3 Å². The highest BCUT2D eigenvalue weighted by Gasteiger charge is 2.44. The number of carbonyl (C=O) groups is 1. The van der Waals surface area contributed by atoms with Gasteiger partial charge in [-0.3, -0.25) is 14.7 Å². The first-order chi connectivity index (χ1) is 20.7. The lowest BCUT2D eigenvalue weighted by molar-refractivity contribution is -0.177. The minimum Gasteiger partial charge on any atom is -0.480 e. The van der Waals surface area contributed by atoms with Gasteiger partial charge in [-0.05, 0) is 69.6 Å². The smallest absolute Gasteiger partial charge is 0.393 e. The second-order valence-corrected chi connectivity index (χ2v) is 11.8. The van der Waals surface area contributed by atoms with E-state index in [1.807, 2.05) is 22.8 Å². The number of likely N-dealkylation sites (tertiary alicyclic amines) is 1. The summed E-state index contributed by atoms with van der Waals surface area (Å²) < 4.78 is 41.2. The highest BCUT2D eigenvalue weighted by Crippen LogP contribution is 2.37. The summed E-state index contributed by atoms with van der Waals surface area (Å²) in [5.74, 6) is -2.05. The Labute approximate surface area is 254 Å². The van der Waals surface area contributed by atoms with Crippen LogP contribution in [0.1, 0.15) is 90.0 Å².